The van der Waals surface area contributed by atoms with E-state index in [1.54, 1.807) is 12.1 Å². The minimum Gasteiger partial charge on any atom is -0.494 e. The maximum Gasteiger partial charge on any atom is 0.331 e. The molecule has 0 spiro atoms. The Balaban J connectivity index is 1.91. The smallest absolute Gasteiger partial charge is 0.331 e. The highest BCUT2D eigenvalue weighted by Gasteiger charge is 2.12. The molecule has 3 aromatic rings. The highest BCUT2D eigenvalue weighted by Crippen LogP contribution is 2.19. The molecule has 2 aromatic carbocycles. The van der Waals surface area contributed by atoms with Gasteiger partial charge >= 0.3 is 5.69 Å². The van der Waals surface area contributed by atoms with E-state index in [1.807, 2.05) is 42.5 Å². The van der Waals surface area contributed by atoms with E-state index in [9.17, 15) is 14.7 Å². The van der Waals surface area contributed by atoms with Crippen LogP contribution in [0.1, 0.15) is 11.1 Å². The van der Waals surface area contributed by atoms with Crippen molar-refractivity contribution in [3.8, 4) is 5.88 Å². The van der Waals surface area contributed by atoms with Crippen LogP contribution in [0.2, 0.25) is 0 Å². The summed E-state index contributed by atoms with van der Waals surface area (Å²) < 4.78 is 1.98. The third kappa shape index (κ3) is 4.18. The summed E-state index contributed by atoms with van der Waals surface area (Å²) in [6, 6.07) is 16.8. The molecule has 6 nitrogen and oxygen atoms in total. The quantitative estimate of drug-likeness (QED) is 0.630. The minimum absolute atomic E-state index is 0.0577. The lowest BCUT2D eigenvalue weighted by molar-refractivity contribution is 0.399. The van der Waals surface area contributed by atoms with Crippen molar-refractivity contribution in [1.29, 1.82) is 0 Å². The van der Waals surface area contributed by atoms with Crippen molar-refractivity contribution >= 4 is 27.8 Å². The number of aromatic nitrogens is 2. The fourth-order valence-corrected chi connectivity index (χ4v) is 2.87. The minimum atomic E-state index is -0.679. The van der Waals surface area contributed by atoms with Crippen LogP contribution in [-0.2, 0) is 13.0 Å². The summed E-state index contributed by atoms with van der Waals surface area (Å²) in [5.41, 5.74) is 0.248. The summed E-state index contributed by atoms with van der Waals surface area (Å²) >= 11 is 3.34. The summed E-state index contributed by atoms with van der Waals surface area (Å²) in [5.74, 6) is -0.395. The van der Waals surface area contributed by atoms with Crippen LogP contribution in [0.25, 0.3) is 0 Å². The third-order valence-electron chi connectivity index (χ3n) is 3.82. The number of aromatic hydroxyl groups is 1. The standard InChI is InChI=1S/C19H16BrN3O3/c20-14-7-4-8-15(11-14)21-12-16-17(24)22-19(26)23(18(16)25)10-9-13-5-2-1-3-6-13/h1-8,11-12,25H,9-10H2,(H,22,24,26). The number of nitrogens with zero attached hydrogens (tertiary/aromatic N) is 2. The predicted molar refractivity (Wildman–Crippen MR) is 105 cm³/mol. The Bertz CT molecular complexity index is 1060. The van der Waals surface area contributed by atoms with Gasteiger partial charge in [-0.05, 0) is 30.2 Å². The van der Waals surface area contributed by atoms with Gasteiger partial charge in [-0.2, -0.15) is 0 Å². The Morgan fingerprint density at radius 1 is 1.12 bits per heavy atom. The van der Waals surface area contributed by atoms with Crippen molar-refractivity contribution in [1.82, 2.24) is 9.55 Å². The third-order valence-corrected chi connectivity index (χ3v) is 4.32. The van der Waals surface area contributed by atoms with Gasteiger partial charge in [0.1, 0.15) is 5.56 Å². The normalized spacial score (nSPS) is 11.1. The number of H-pyrrole nitrogens is 1. The van der Waals surface area contributed by atoms with Crippen LogP contribution in [0.15, 0.2) is 73.7 Å². The van der Waals surface area contributed by atoms with Crippen LogP contribution in [0.4, 0.5) is 5.69 Å². The molecule has 0 aliphatic heterocycles. The molecule has 1 aromatic heterocycles. The number of rotatable bonds is 5. The number of hydrogen-bond acceptors (Lipinski definition) is 4. The molecule has 26 heavy (non-hydrogen) atoms. The predicted octanol–water partition coefficient (Wildman–Crippen LogP) is 3.00. The lowest BCUT2D eigenvalue weighted by Crippen LogP contribution is -2.32. The van der Waals surface area contributed by atoms with Crippen molar-refractivity contribution in [2.45, 2.75) is 13.0 Å². The van der Waals surface area contributed by atoms with Gasteiger partial charge in [-0.3, -0.25) is 19.3 Å². The molecule has 0 atom stereocenters. The maximum absolute atomic E-state index is 12.0. The van der Waals surface area contributed by atoms with Gasteiger partial charge in [0.2, 0.25) is 5.88 Å². The zero-order valence-electron chi connectivity index (χ0n) is 13.7. The van der Waals surface area contributed by atoms with Gasteiger partial charge in [-0.25, -0.2) is 4.79 Å². The lowest BCUT2D eigenvalue weighted by Gasteiger charge is -2.09. The first-order chi connectivity index (χ1) is 12.5. The molecule has 0 radical (unpaired) electrons. The van der Waals surface area contributed by atoms with E-state index in [-0.39, 0.29) is 12.1 Å². The van der Waals surface area contributed by atoms with Gasteiger partial charge in [0.25, 0.3) is 5.56 Å². The molecular weight excluding hydrogens is 398 g/mol. The molecule has 0 unspecified atom stereocenters. The molecule has 3 rings (SSSR count). The first-order valence-corrected chi connectivity index (χ1v) is 8.73. The van der Waals surface area contributed by atoms with E-state index < -0.39 is 17.1 Å². The van der Waals surface area contributed by atoms with Crippen molar-refractivity contribution in [3.05, 3.63) is 91.0 Å². The molecule has 132 valence electrons. The second kappa shape index (κ2) is 7.97. The highest BCUT2D eigenvalue weighted by atomic mass is 79.9. The van der Waals surface area contributed by atoms with Crippen molar-refractivity contribution in [2.24, 2.45) is 4.99 Å². The molecule has 0 fully saturated rings. The van der Waals surface area contributed by atoms with E-state index in [1.165, 1.54) is 6.21 Å². The number of benzene rings is 2. The Labute approximate surface area is 157 Å². The highest BCUT2D eigenvalue weighted by molar-refractivity contribution is 9.10. The molecule has 0 saturated carbocycles. The number of nitrogens with one attached hydrogen (secondary N) is 1. The monoisotopic (exact) mass is 413 g/mol. The molecule has 0 aliphatic carbocycles. The van der Waals surface area contributed by atoms with E-state index in [0.717, 1.165) is 14.6 Å². The van der Waals surface area contributed by atoms with Crippen LogP contribution >= 0.6 is 15.9 Å². The second-order valence-electron chi connectivity index (χ2n) is 5.62. The Morgan fingerprint density at radius 2 is 1.88 bits per heavy atom. The molecular formula is C19H16BrN3O3. The van der Waals surface area contributed by atoms with Crippen molar-refractivity contribution in [3.63, 3.8) is 0 Å². The van der Waals surface area contributed by atoms with Crippen LogP contribution in [0.5, 0.6) is 5.88 Å². The zero-order valence-corrected chi connectivity index (χ0v) is 15.3. The fourth-order valence-electron chi connectivity index (χ4n) is 2.48. The Kier molecular flexibility index (Phi) is 5.48. The molecule has 0 aliphatic rings. The van der Waals surface area contributed by atoms with Gasteiger partial charge in [0.05, 0.1) is 5.69 Å². The molecule has 2 N–H and O–H groups in total. The van der Waals surface area contributed by atoms with Gasteiger partial charge < -0.3 is 5.11 Å². The SMILES string of the molecule is O=c1[nH]c(=O)n(CCc2ccccc2)c(O)c1C=Nc1cccc(Br)c1. The van der Waals surface area contributed by atoms with Crippen molar-refractivity contribution in [2.75, 3.05) is 0 Å². The van der Waals surface area contributed by atoms with E-state index in [2.05, 4.69) is 25.9 Å². The average molecular weight is 414 g/mol. The van der Waals surface area contributed by atoms with Gasteiger partial charge in [0.15, 0.2) is 0 Å². The first-order valence-electron chi connectivity index (χ1n) is 7.94. The van der Waals surface area contributed by atoms with Crippen LogP contribution in [0.3, 0.4) is 0 Å². The molecule has 0 saturated heterocycles. The Hall–Kier alpha value is -2.93. The van der Waals surface area contributed by atoms with E-state index in [4.69, 9.17) is 0 Å². The summed E-state index contributed by atoms with van der Waals surface area (Å²) in [6.07, 6.45) is 1.80. The first kappa shape index (κ1) is 17.9. The van der Waals surface area contributed by atoms with Gasteiger partial charge in [-0.15, -0.1) is 0 Å². The van der Waals surface area contributed by atoms with Crippen LogP contribution < -0.4 is 11.2 Å². The van der Waals surface area contributed by atoms with Crippen LogP contribution in [0, 0.1) is 0 Å². The van der Waals surface area contributed by atoms with E-state index in [0.29, 0.717) is 12.1 Å². The average Bonchev–Trinajstić information content (AvgIpc) is 2.62. The van der Waals surface area contributed by atoms with Crippen LogP contribution in [-0.4, -0.2) is 20.9 Å². The largest absolute Gasteiger partial charge is 0.494 e. The second-order valence-corrected chi connectivity index (χ2v) is 6.54. The summed E-state index contributed by atoms with van der Waals surface area (Å²) in [6.45, 7) is 0.239. The fraction of sp³-hybridized carbons (Fsp3) is 0.105. The van der Waals surface area contributed by atoms with Gasteiger partial charge in [-0.1, -0.05) is 52.3 Å². The van der Waals surface area contributed by atoms with Gasteiger partial charge in [0, 0.05) is 17.2 Å². The van der Waals surface area contributed by atoms with E-state index >= 15 is 0 Å². The molecule has 0 amide bonds. The summed E-state index contributed by atoms with van der Waals surface area (Å²) in [7, 11) is 0. The zero-order chi connectivity index (χ0) is 18.5. The number of halogens is 1. The Morgan fingerprint density at radius 3 is 2.62 bits per heavy atom. The number of aryl methyl sites for hydroxylation is 1. The molecule has 7 heteroatoms. The number of aromatic amines is 1. The number of hydrogen-bond donors (Lipinski definition) is 2. The molecule has 1 heterocycles. The van der Waals surface area contributed by atoms with Crippen molar-refractivity contribution < 1.29 is 5.11 Å². The topological polar surface area (TPSA) is 87.5 Å². The lowest BCUT2D eigenvalue weighted by atomic mass is 10.1. The summed E-state index contributed by atoms with van der Waals surface area (Å²) in [5, 5.41) is 10.4. The summed E-state index contributed by atoms with van der Waals surface area (Å²) in [4.78, 5) is 30.5. The molecule has 0 bridgehead atoms. The number of aliphatic imine (C=N–C) groups is 1. The maximum atomic E-state index is 12.0.